The maximum absolute atomic E-state index is 12.2. The van der Waals surface area contributed by atoms with Crippen molar-refractivity contribution in [2.45, 2.75) is 32.5 Å². The largest absolute Gasteiger partial charge is 1.00 e. The molecule has 120 valence electrons. The van der Waals surface area contributed by atoms with E-state index in [0.717, 1.165) is 11.1 Å². The fraction of sp³-hybridized carbons (Fsp3) is 0.278. The molecule has 1 aliphatic rings. The molecule has 0 N–H and O–H groups in total. The van der Waals surface area contributed by atoms with Crippen molar-refractivity contribution < 1.29 is 152 Å². The third kappa shape index (κ3) is 6.22. The van der Waals surface area contributed by atoms with Crippen LogP contribution in [0.2, 0.25) is 0 Å². The van der Waals surface area contributed by atoms with Gasteiger partial charge in [0.25, 0.3) is 0 Å². The number of hydrogen-bond donors (Lipinski definition) is 0. The fourth-order valence-corrected chi connectivity index (χ4v) is 2.66. The summed E-state index contributed by atoms with van der Waals surface area (Å²) in [5, 5.41) is 16.1. The fourth-order valence-electron chi connectivity index (χ4n) is 2.66. The molecule has 0 saturated carbocycles. The van der Waals surface area contributed by atoms with Crippen LogP contribution in [0.25, 0.3) is 5.32 Å². The summed E-state index contributed by atoms with van der Waals surface area (Å²) < 4.78 is 6.02. The molecule has 3 rings (SSSR count). The van der Waals surface area contributed by atoms with Gasteiger partial charge in [-0.15, -0.1) is 11.3 Å². The molecule has 2 aromatic rings. The summed E-state index contributed by atoms with van der Waals surface area (Å²) >= 11 is 0. The van der Waals surface area contributed by atoms with Gasteiger partial charge in [-0.05, 0) is 18.9 Å². The van der Waals surface area contributed by atoms with Crippen molar-refractivity contribution in [2.75, 3.05) is 0 Å². The average Bonchev–Trinajstić information content (AvgIpc) is 2.66. The summed E-state index contributed by atoms with van der Waals surface area (Å²) in [5.74, 6) is -0.323. The number of carbonyl (C=O) groups excluding carboxylic acids is 1. The molecule has 25 heavy (non-hydrogen) atoms. The van der Waals surface area contributed by atoms with Crippen LogP contribution in [-0.2, 0) is 30.6 Å². The Labute approximate surface area is 260 Å². The molecule has 2 atom stereocenters. The standard InChI is InChI=1S/C18H18NO3.2Rb.W/c1-3-16-18(21)19-14-9-5-4-7-13(14)17(22-16)12-8-6-10-15(20)11(12)2;;;/h5-10,16-17H,3H2,1-2H3,(H2,19,20,21);;;/q-1;2*+1;/p-2/t16-,17-;;;/m1.../s1. The quantitative estimate of drug-likeness (QED) is 0.334. The number of carbonyl (C=O) groups is 1. The second-order valence-electron chi connectivity index (χ2n) is 5.32. The molecule has 0 saturated heterocycles. The Morgan fingerprint density at radius 3 is 2.64 bits per heavy atom. The first-order valence-electron chi connectivity index (χ1n) is 7.29. The van der Waals surface area contributed by atoms with Crippen LogP contribution in [0.3, 0.4) is 0 Å². The summed E-state index contributed by atoms with van der Waals surface area (Å²) in [4.78, 5) is 12.2. The minimum atomic E-state index is -0.605. The number of fused-ring (bicyclic) bond motifs is 1. The summed E-state index contributed by atoms with van der Waals surface area (Å²) in [6, 6.07) is 13.3. The van der Waals surface area contributed by atoms with Crippen molar-refractivity contribution in [1.82, 2.24) is 0 Å². The molecular formula is C18H16NO3Rb2W-. The average molecular weight is 649 g/mol. The van der Waals surface area contributed by atoms with E-state index < -0.39 is 12.2 Å². The van der Waals surface area contributed by atoms with E-state index in [0.29, 0.717) is 17.7 Å². The van der Waals surface area contributed by atoms with Crippen LogP contribution in [-0.4, -0.2) is 12.0 Å². The van der Waals surface area contributed by atoms with E-state index >= 15 is 0 Å². The maximum atomic E-state index is 12.2. The molecule has 1 aliphatic heterocycles. The van der Waals surface area contributed by atoms with E-state index in [1.165, 1.54) is 6.07 Å². The Kier molecular flexibility index (Phi) is 13.5. The van der Waals surface area contributed by atoms with Crippen molar-refractivity contribution in [2.24, 2.45) is 0 Å². The zero-order chi connectivity index (χ0) is 15.7. The Hall–Kier alpha value is 1.97. The van der Waals surface area contributed by atoms with E-state index in [1.54, 1.807) is 31.2 Å². The van der Waals surface area contributed by atoms with Gasteiger partial charge in [0.1, 0.15) is 0 Å². The van der Waals surface area contributed by atoms with Crippen LogP contribution < -0.4 is 121 Å². The minimum absolute atomic E-state index is 0. The molecule has 0 aliphatic carbocycles. The van der Waals surface area contributed by atoms with Crippen molar-refractivity contribution >= 4 is 11.6 Å². The predicted octanol–water partition coefficient (Wildman–Crippen LogP) is -2.70. The maximum Gasteiger partial charge on any atom is 1.00 e. The molecule has 0 bridgehead atoms. The van der Waals surface area contributed by atoms with Gasteiger partial charge in [0.2, 0.25) is 0 Å². The number of hydrogen-bond acceptors (Lipinski definition) is 3. The topological polar surface area (TPSA) is 63.5 Å². The van der Waals surface area contributed by atoms with Gasteiger partial charge in [0.05, 0.1) is 18.1 Å². The van der Waals surface area contributed by atoms with Crippen LogP contribution in [0.1, 0.15) is 36.1 Å². The number of nitrogens with zero attached hydrogens (tertiary/aromatic N) is 1. The molecule has 4 nitrogen and oxygen atoms in total. The third-order valence-electron chi connectivity index (χ3n) is 3.94. The molecule has 0 spiro atoms. The SMILES string of the molecule is CC[C@H]1O[C@H](c2cccc([O-])c2C)c2c[c-]ccc2[N-]C1=O.[Rb+].[Rb+].[W]. The molecule has 1 heterocycles. The Morgan fingerprint density at radius 2 is 1.96 bits per heavy atom. The first kappa shape index (κ1) is 27.0. The summed E-state index contributed by atoms with van der Waals surface area (Å²) in [6.07, 6.45) is -0.555. The van der Waals surface area contributed by atoms with Crippen molar-refractivity contribution in [3.05, 3.63) is 64.5 Å². The van der Waals surface area contributed by atoms with Gasteiger partial charge in [-0.3, -0.25) is 0 Å². The number of ether oxygens (including phenoxy) is 1. The second-order valence-corrected chi connectivity index (χ2v) is 5.32. The smallest absolute Gasteiger partial charge is 0.872 e. The van der Waals surface area contributed by atoms with Crippen molar-refractivity contribution in [1.29, 1.82) is 0 Å². The van der Waals surface area contributed by atoms with Gasteiger partial charge in [0.15, 0.2) is 0 Å². The van der Waals surface area contributed by atoms with Crippen molar-refractivity contribution in [3.63, 3.8) is 0 Å². The van der Waals surface area contributed by atoms with Gasteiger partial charge in [-0.1, -0.05) is 30.7 Å². The van der Waals surface area contributed by atoms with E-state index in [-0.39, 0.29) is 149 Å². The zero-order valence-corrected chi connectivity index (χ0v) is 27.7. The minimum Gasteiger partial charge on any atom is -0.872 e. The van der Waals surface area contributed by atoms with Gasteiger partial charge >= 0.3 is 116 Å². The van der Waals surface area contributed by atoms with Crippen LogP contribution in [0.15, 0.2) is 36.4 Å². The van der Waals surface area contributed by atoms with Crippen LogP contribution in [0, 0.1) is 13.0 Å². The molecule has 0 aromatic heterocycles. The van der Waals surface area contributed by atoms with E-state index in [9.17, 15) is 9.90 Å². The molecular weight excluding hydrogens is 633 g/mol. The Morgan fingerprint density at radius 1 is 1.24 bits per heavy atom. The van der Waals surface area contributed by atoms with Gasteiger partial charge in [-0.25, -0.2) is 5.69 Å². The first-order valence-corrected chi connectivity index (χ1v) is 7.29. The van der Waals surface area contributed by atoms with Gasteiger partial charge in [0, 0.05) is 21.1 Å². The summed E-state index contributed by atoms with van der Waals surface area (Å²) in [6.45, 7) is 3.66. The first-order chi connectivity index (χ1) is 10.6. The van der Waals surface area contributed by atoms with Gasteiger partial charge in [-0.2, -0.15) is 24.3 Å². The molecule has 0 unspecified atom stereocenters. The van der Waals surface area contributed by atoms with Crippen molar-refractivity contribution in [3.8, 4) is 5.75 Å². The third-order valence-corrected chi connectivity index (χ3v) is 3.94. The summed E-state index contributed by atoms with van der Waals surface area (Å²) in [7, 11) is 0. The van der Waals surface area contributed by atoms with Crippen LogP contribution >= 0.6 is 0 Å². The molecule has 7 heteroatoms. The molecule has 1 amide bonds. The van der Waals surface area contributed by atoms with Crippen LogP contribution in [0.5, 0.6) is 5.75 Å². The van der Waals surface area contributed by atoms with E-state index in [4.69, 9.17) is 4.74 Å². The number of benzene rings is 2. The normalized spacial score (nSPS) is 18.4. The predicted molar refractivity (Wildman–Crippen MR) is 80.9 cm³/mol. The molecule has 2 aromatic carbocycles. The Balaban J connectivity index is 0.00000192. The van der Waals surface area contributed by atoms with E-state index in [2.05, 4.69) is 11.4 Å². The van der Waals surface area contributed by atoms with Crippen LogP contribution in [0.4, 0.5) is 5.69 Å². The van der Waals surface area contributed by atoms with E-state index in [1.807, 2.05) is 13.0 Å². The molecule has 0 fully saturated rings. The number of rotatable bonds is 2. The monoisotopic (exact) mass is 648 g/mol. The van der Waals surface area contributed by atoms with Gasteiger partial charge < -0.3 is 20.0 Å². The Bertz CT molecular complexity index is 727. The zero-order valence-electron chi connectivity index (χ0n) is 14.9. The molecule has 0 radical (unpaired) electrons. The second kappa shape index (κ2) is 12.5. The summed E-state index contributed by atoms with van der Waals surface area (Å²) in [5.41, 5.74) is 2.75. The number of amides is 1.